The van der Waals surface area contributed by atoms with Crippen molar-refractivity contribution in [1.82, 2.24) is 14.5 Å². The molecule has 0 aliphatic carbocycles. The maximum Gasteiger partial charge on any atom is 0.175 e. The topological polar surface area (TPSA) is 64.4 Å². The van der Waals surface area contributed by atoms with Crippen LogP contribution in [0.4, 0.5) is 8.78 Å². The summed E-state index contributed by atoms with van der Waals surface area (Å²) in [6.07, 6.45) is 10.3. The summed E-state index contributed by atoms with van der Waals surface area (Å²) in [5.41, 5.74) is 2.46. The molecule has 0 N–H and O–H groups in total. The smallest absolute Gasteiger partial charge is 0.175 e. The number of fused-ring (bicyclic) bond motifs is 3. The summed E-state index contributed by atoms with van der Waals surface area (Å²) in [6, 6.07) is 10.5. The summed E-state index contributed by atoms with van der Waals surface area (Å²) in [4.78, 5) is 7.47. The van der Waals surface area contributed by atoms with E-state index in [1.807, 2.05) is 12.4 Å². The van der Waals surface area contributed by atoms with Gasteiger partial charge >= 0.3 is 0 Å². The highest BCUT2D eigenvalue weighted by Gasteiger charge is 2.42. The molecule has 39 heavy (non-hydrogen) atoms. The van der Waals surface area contributed by atoms with E-state index in [9.17, 15) is 17.2 Å². The third-order valence-electron chi connectivity index (χ3n) is 9.33. The molecule has 3 aliphatic rings. The molecule has 9 heteroatoms. The van der Waals surface area contributed by atoms with Gasteiger partial charge in [-0.25, -0.2) is 22.2 Å². The molecule has 0 spiro atoms. The molecule has 6 rings (SSSR count). The van der Waals surface area contributed by atoms with Crippen LogP contribution in [0.2, 0.25) is 0 Å². The number of sulfone groups is 1. The van der Waals surface area contributed by atoms with Gasteiger partial charge < -0.3 is 9.30 Å². The van der Waals surface area contributed by atoms with E-state index in [0.29, 0.717) is 41.1 Å². The number of piperidine rings is 1. The monoisotopic (exact) mass is 557 g/mol. The molecular weight excluding hydrogens is 520 g/mol. The highest BCUT2D eigenvalue weighted by atomic mass is 32.2. The van der Waals surface area contributed by atoms with Crippen LogP contribution >= 0.6 is 0 Å². The summed E-state index contributed by atoms with van der Waals surface area (Å²) in [5.74, 6) is -0.570. The van der Waals surface area contributed by atoms with Crippen LogP contribution in [0.5, 0.6) is 0 Å². The molecule has 2 bridgehead atoms. The molecule has 0 amide bonds. The molecule has 2 aromatic carbocycles. The second kappa shape index (κ2) is 10.6. The van der Waals surface area contributed by atoms with Gasteiger partial charge in [-0.1, -0.05) is 0 Å². The molecule has 210 valence electrons. The van der Waals surface area contributed by atoms with Crippen molar-refractivity contribution in [2.24, 2.45) is 5.92 Å². The number of ether oxygens (including phenoxy) is 1. The maximum atomic E-state index is 14.2. The van der Waals surface area contributed by atoms with Gasteiger partial charge in [-0.15, -0.1) is 0 Å². The van der Waals surface area contributed by atoms with Gasteiger partial charge in [0.25, 0.3) is 0 Å². The minimum Gasteiger partial charge on any atom is -0.378 e. The summed E-state index contributed by atoms with van der Waals surface area (Å²) in [6.45, 7) is 3.70. The number of rotatable bonds is 7. The first kappa shape index (κ1) is 26.8. The van der Waals surface area contributed by atoms with Gasteiger partial charge in [-0.3, -0.25) is 4.90 Å². The van der Waals surface area contributed by atoms with Crippen LogP contribution in [0.3, 0.4) is 0 Å². The summed E-state index contributed by atoms with van der Waals surface area (Å²) >= 11 is 0. The number of aromatic nitrogens is 2. The molecule has 3 unspecified atom stereocenters. The van der Waals surface area contributed by atoms with Crippen molar-refractivity contribution >= 4 is 20.9 Å². The molecule has 3 fully saturated rings. The molecule has 0 saturated carbocycles. The van der Waals surface area contributed by atoms with Crippen LogP contribution in [-0.4, -0.2) is 60.5 Å². The normalized spacial score (nSPS) is 28.7. The first-order valence-electron chi connectivity index (χ1n) is 14.2. The third-order valence-corrected chi connectivity index (χ3v) is 10.4. The number of benzene rings is 2. The van der Waals surface area contributed by atoms with Crippen LogP contribution in [-0.2, 0) is 14.6 Å². The summed E-state index contributed by atoms with van der Waals surface area (Å²) < 4.78 is 60.4. The first-order chi connectivity index (χ1) is 18.7. The number of nitrogens with zero attached hydrogens (tertiary/aromatic N) is 3. The van der Waals surface area contributed by atoms with Gasteiger partial charge in [0.1, 0.15) is 11.6 Å². The van der Waals surface area contributed by atoms with E-state index in [-0.39, 0.29) is 12.0 Å². The molecule has 4 heterocycles. The Balaban J connectivity index is 1.18. The zero-order valence-corrected chi connectivity index (χ0v) is 23.4. The summed E-state index contributed by atoms with van der Waals surface area (Å²) in [5, 5.41) is 0. The fraction of sp³-hybridized carbons (Fsp3) is 0.567. The SMILES string of the molecule is C[C@H]1CC([C@@H](CCN2C3CCC2CC(n2cnc4cc(S(C)(=O)=O)ccc42)C3)c2cc(F)cc(F)c2)CCO1. The molecule has 5 atom stereocenters. The second-order valence-electron chi connectivity index (χ2n) is 11.9. The Kier molecular flexibility index (Phi) is 7.27. The Hall–Kier alpha value is -2.36. The number of halogens is 2. The lowest BCUT2D eigenvalue weighted by molar-refractivity contribution is -0.00616. The minimum atomic E-state index is -3.28. The zero-order chi connectivity index (χ0) is 27.3. The predicted molar refractivity (Wildman–Crippen MR) is 146 cm³/mol. The van der Waals surface area contributed by atoms with Crippen LogP contribution in [0.1, 0.15) is 69.4 Å². The van der Waals surface area contributed by atoms with Gasteiger partial charge in [0.15, 0.2) is 9.84 Å². The van der Waals surface area contributed by atoms with E-state index in [0.717, 1.165) is 68.6 Å². The van der Waals surface area contributed by atoms with Crippen molar-refractivity contribution in [3.63, 3.8) is 0 Å². The third kappa shape index (κ3) is 5.50. The molecule has 0 radical (unpaired) electrons. The number of imidazole rings is 1. The molecule has 6 nitrogen and oxygen atoms in total. The van der Waals surface area contributed by atoms with Crippen molar-refractivity contribution in [1.29, 1.82) is 0 Å². The van der Waals surface area contributed by atoms with Crippen LogP contribution in [0.15, 0.2) is 47.6 Å². The number of hydrogen-bond acceptors (Lipinski definition) is 5. The van der Waals surface area contributed by atoms with Crippen molar-refractivity contribution in [3.05, 3.63) is 59.9 Å². The molecule has 1 aromatic heterocycles. The highest BCUT2D eigenvalue weighted by molar-refractivity contribution is 7.90. The second-order valence-corrected chi connectivity index (χ2v) is 13.9. The van der Waals surface area contributed by atoms with E-state index in [1.165, 1.54) is 18.4 Å². The van der Waals surface area contributed by atoms with Crippen LogP contribution in [0, 0.1) is 17.6 Å². The van der Waals surface area contributed by atoms with Gasteiger partial charge in [-0.2, -0.15) is 0 Å². The molecule has 3 aliphatic heterocycles. The van der Waals surface area contributed by atoms with Crippen LogP contribution in [0.25, 0.3) is 11.0 Å². The Labute approximate surface area is 229 Å². The lowest BCUT2D eigenvalue weighted by Gasteiger charge is -2.41. The van der Waals surface area contributed by atoms with E-state index in [2.05, 4.69) is 21.4 Å². The van der Waals surface area contributed by atoms with E-state index >= 15 is 0 Å². The first-order valence-corrected chi connectivity index (χ1v) is 16.0. The van der Waals surface area contributed by atoms with Gasteiger partial charge in [0.2, 0.25) is 0 Å². The average Bonchev–Trinajstić information content (AvgIpc) is 3.40. The fourth-order valence-electron chi connectivity index (χ4n) is 7.52. The van der Waals surface area contributed by atoms with Crippen molar-refractivity contribution in [2.45, 2.75) is 86.9 Å². The zero-order valence-electron chi connectivity index (χ0n) is 22.6. The van der Waals surface area contributed by atoms with Crippen molar-refractivity contribution in [2.75, 3.05) is 19.4 Å². The molecule has 3 saturated heterocycles. The van der Waals surface area contributed by atoms with Gasteiger partial charge in [0.05, 0.1) is 28.4 Å². The number of hydrogen-bond donors (Lipinski definition) is 0. The fourth-order valence-corrected chi connectivity index (χ4v) is 8.16. The Bertz CT molecular complexity index is 1420. The van der Waals surface area contributed by atoms with Crippen molar-refractivity contribution in [3.8, 4) is 0 Å². The van der Waals surface area contributed by atoms with Crippen LogP contribution < -0.4 is 0 Å². The average molecular weight is 558 g/mol. The minimum absolute atomic E-state index is 0.0975. The maximum absolute atomic E-state index is 14.2. The van der Waals surface area contributed by atoms with E-state index < -0.39 is 21.5 Å². The molecular formula is C30H37F2N3O3S. The van der Waals surface area contributed by atoms with Gasteiger partial charge in [0, 0.05) is 37.1 Å². The largest absolute Gasteiger partial charge is 0.378 e. The Morgan fingerprint density at radius 1 is 1.00 bits per heavy atom. The van der Waals surface area contributed by atoms with Gasteiger partial charge in [-0.05, 0) is 106 Å². The quantitative estimate of drug-likeness (QED) is 0.363. The predicted octanol–water partition coefficient (Wildman–Crippen LogP) is 5.87. The highest BCUT2D eigenvalue weighted by Crippen LogP contribution is 2.44. The Morgan fingerprint density at radius 3 is 2.38 bits per heavy atom. The van der Waals surface area contributed by atoms with Crippen molar-refractivity contribution < 1.29 is 21.9 Å². The standard InChI is InChI=1S/C30H37F2N3O3S/c1-19-11-20(8-10-38-19)28(21-12-22(31)14-23(32)13-21)7-9-34-24-3-4-25(34)16-26(15-24)35-18-33-29-17-27(39(2,36)37)5-6-30(29)35/h5-6,12-14,17-20,24-26,28H,3-4,7-11,15-16H2,1-2H3/t19-,20?,24?,25?,26?,28+/m0/s1. The van der Waals surface area contributed by atoms with E-state index in [1.54, 1.807) is 12.1 Å². The van der Waals surface area contributed by atoms with E-state index in [4.69, 9.17) is 4.74 Å². The lowest BCUT2D eigenvalue weighted by Crippen LogP contribution is -2.44. The lowest BCUT2D eigenvalue weighted by atomic mass is 9.77. The Morgan fingerprint density at radius 2 is 1.72 bits per heavy atom. The molecule has 3 aromatic rings. The summed E-state index contributed by atoms with van der Waals surface area (Å²) in [7, 11) is -3.28.